The topological polar surface area (TPSA) is 89.5 Å². The van der Waals surface area contributed by atoms with Crippen molar-refractivity contribution in [1.82, 2.24) is 4.90 Å². The molecule has 0 amide bonds. The highest BCUT2D eigenvalue weighted by atomic mass is 16.6. The summed E-state index contributed by atoms with van der Waals surface area (Å²) in [5, 5.41) is 20.3. The standard InChI is InChI=1S/C7H15N2.C7H5NO4/c1-6-5-8(3)7(2)9(6)4;9-7(10)5-1-3-6(4-2-5)8(11)12/h6H,5H2,1-4H3;1-4H,(H,9,10)/q+1;/p-1. The fourth-order valence-corrected chi connectivity index (χ4v) is 1.96. The molecule has 0 spiro atoms. The van der Waals surface area contributed by atoms with Crippen molar-refractivity contribution in [2.75, 3.05) is 20.6 Å². The highest BCUT2D eigenvalue weighted by Crippen LogP contribution is 2.10. The number of hydrogen-bond acceptors (Lipinski definition) is 5. The van der Waals surface area contributed by atoms with Gasteiger partial charge in [-0.25, -0.2) is 0 Å². The first-order chi connectivity index (χ1) is 9.73. The van der Waals surface area contributed by atoms with E-state index in [1.165, 1.54) is 12.4 Å². The first kappa shape index (κ1) is 16.6. The first-order valence-electron chi connectivity index (χ1n) is 6.47. The number of aromatic carboxylic acids is 1. The van der Waals surface area contributed by atoms with Crippen molar-refractivity contribution in [3.8, 4) is 0 Å². The van der Waals surface area contributed by atoms with Crippen LogP contribution in [0.15, 0.2) is 24.3 Å². The molecule has 0 radical (unpaired) electrons. The minimum absolute atomic E-state index is 0.0689. The molecule has 0 saturated heterocycles. The Balaban J connectivity index is 0.000000219. The molecule has 0 saturated carbocycles. The van der Waals surface area contributed by atoms with Crippen molar-refractivity contribution in [3.63, 3.8) is 0 Å². The first-order valence-corrected chi connectivity index (χ1v) is 6.47. The maximum absolute atomic E-state index is 10.2. The van der Waals surface area contributed by atoms with Crippen LogP contribution >= 0.6 is 0 Å². The van der Waals surface area contributed by atoms with Gasteiger partial charge in [0.05, 0.1) is 25.0 Å². The maximum Gasteiger partial charge on any atom is 0.269 e. The Hall–Kier alpha value is -2.44. The van der Waals surface area contributed by atoms with E-state index in [9.17, 15) is 20.0 Å². The molecule has 7 nitrogen and oxygen atoms in total. The molecule has 1 heterocycles. The third kappa shape index (κ3) is 4.27. The van der Waals surface area contributed by atoms with Gasteiger partial charge in [-0.05, 0) is 24.6 Å². The van der Waals surface area contributed by atoms with Gasteiger partial charge in [-0.2, -0.15) is 0 Å². The van der Waals surface area contributed by atoms with E-state index in [-0.39, 0.29) is 11.3 Å². The zero-order chi connectivity index (χ0) is 16.2. The lowest BCUT2D eigenvalue weighted by Gasteiger charge is -2.07. The fraction of sp³-hybridized carbons (Fsp3) is 0.429. The number of carboxylic acids is 1. The van der Waals surface area contributed by atoms with Gasteiger partial charge in [0.1, 0.15) is 12.6 Å². The number of nitro benzene ring substituents is 1. The van der Waals surface area contributed by atoms with Crippen molar-refractivity contribution in [2.45, 2.75) is 19.9 Å². The molecule has 0 aromatic heterocycles. The second-order valence-corrected chi connectivity index (χ2v) is 4.98. The number of nitrogens with zero attached hydrogens (tertiary/aromatic N) is 3. The number of amidine groups is 1. The van der Waals surface area contributed by atoms with E-state index < -0.39 is 10.9 Å². The predicted octanol–water partition coefficient (Wildman–Crippen LogP) is 0.339. The smallest absolute Gasteiger partial charge is 0.269 e. The molecule has 1 atom stereocenters. The summed E-state index contributed by atoms with van der Waals surface area (Å²) in [7, 11) is 4.28. The van der Waals surface area contributed by atoms with E-state index in [0.29, 0.717) is 6.04 Å². The lowest BCUT2D eigenvalue weighted by Crippen LogP contribution is -2.28. The summed E-state index contributed by atoms with van der Waals surface area (Å²) in [4.78, 5) is 22.0. The van der Waals surface area contributed by atoms with Gasteiger partial charge in [-0.1, -0.05) is 0 Å². The van der Waals surface area contributed by atoms with Gasteiger partial charge in [-0.3, -0.25) is 19.6 Å². The zero-order valence-electron chi connectivity index (χ0n) is 12.6. The minimum atomic E-state index is -1.34. The molecule has 2 rings (SSSR count). The van der Waals surface area contributed by atoms with Gasteiger partial charge in [0.2, 0.25) is 5.84 Å². The molecule has 114 valence electrons. The average molecular weight is 293 g/mol. The largest absolute Gasteiger partial charge is 0.545 e. The van der Waals surface area contributed by atoms with E-state index in [1.54, 1.807) is 0 Å². The Morgan fingerprint density at radius 2 is 1.90 bits per heavy atom. The Labute approximate surface area is 123 Å². The molecule has 1 aliphatic rings. The summed E-state index contributed by atoms with van der Waals surface area (Å²) in [5.74, 6) is 0.0346. The molecule has 0 N–H and O–H groups in total. The Morgan fingerprint density at radius 1 is 1.38 bits per heavy atom. The van der Waals surface area contributed by atoms with Crippen LogP contribution in [0.2, 0.25) is 0 Å². The summed E-state index contributed by atoms with van der Waals surface area (Å²) in [5.41, 5.74) is -0.208. The Bertz CT molecular complexity index is 533. The van der Waals surface area contributed by atoms with Crippen LogP contribution in [-0.2, 0) is 0 Å². The molecule has 21 heavy (non-hydrogen) atoms. The van der Waals surface area contributed by atoms with Gasteiger partial charge in [0.25, 0.3) is 5.69 Å². The van der Waals surface area contributed by atoms with Crippen LogP contribution in [-0.4, -0.2) is 52.9 Å². The molecular formula is C14H19N3O4. The van der Waals surface area contributed by atoms with Crippen LogP contribution in [0, 0.1) is 10.1 Å². The number of carboxylic acid groups (broad SMARTS) is 1. The van der Waals surface area contributed by atoms with E-state index in [1.807, 2.05) is 0 Å². The third-order valence-electron chi connectivity index (χ3n) is 3.58. The lowest BCUT2D eigenvalue weighted by atomic mass is 10.2. The number of hydrogen-bond donors (Lipinski definition) is 0. The number of non-ortho nitro benzene ring substituents is 1. The molecule has 1 aromatic rings. The molecule has 1 aromatic carbocycles. The molecule has 1 aliphatic heterocycles. The Kier molecular flexibility index (Phi) is 5.40. The molecular weight excluding hydrogens is 274 g/mol. The zero-order valence-corrected chi connectivity index (χ0v) is 12.6. The number of rotatable bonds is 2. The number of benzene rings is 1. The second-order valence-electron chi connectivity index (χ2n) is 4.98. The van der Waals surface area contributed by atoms with Crippen LogP contribution in [0.1, 0.15) is 24.2 Å². The number of carbonyl (C=O) groups excluding carboxylic acids is 1. The van der Waals surface area contributed by atoms with Gasteiger partial charge < -0.3 is 9.90 Å². The van der Waals surface area contributed by atoms with Crippen LogP contribution in [0.5, 0.6) is 0 Å². The number of carbonyl (C=O) groups is 1. The van der Waals surface area contributed by atoms with Crippen LogP contribution in [0.3, 0.4) is 0 Å². The van der Waals surface area contributed by atoms with E-state index >= 15 is 0 Å². The SMILES string of the molecule is CC1=[N+](C)CC(C)N1C.O=C([O-])c1ccc([N+](=O)[O-])cc1. The number of likely N-dealkylation sites (N-methyl/N-ethyl adjacent to an activating group) is 2. The molecule has 0 aliphatic carbocycles. The molecule has 0 fully saturated rings. The minimum Gasteiger partial charge on any atom is -0.545 e. The van der Waals surface area contributed by atoms with E-state index in [4.69, 9.17) is 0 Å². The van der Waals surface area contributed by atoms with Crippen molar-refractivity contribution < 1.29 is 19.4 Å². The lowest BCUT2D eigenvalue weighted by molar-refractivity contribution is -0.490. The number of nitro groups is 1. The summed E-state index contributed by atoms with van der Waals surface area (Å²) in [6.45, 7) is 5.57. The fourth-order valence-electron chi connectivity index (χ4n) is 1.96. The highest BCUT2D eigenvalue weighted by molar-refractivity contribution is 5.85. The van der Waals surface area contributed by atoms with Crippen molar-refractivity contribution >= 4 is 17.5 Å². The van der Waals surface area contributed by atoms with Crippen LogP contribution < -0.4 is 5.11 Å². The quantitative estimate of drug-likeness (QED) is 0.445. The molecule has 0 bridgehead atoms. The molecule has 7 heteroatoms. The summed E-state index contributed by atoms with van der Waals surface area (Å²) in [6.07, 6.45) is 0. The van der Waals surface area contributed by atoms with Crippen molar-refractivity contribution in [1.29, 1.82) is 0 Å². The van der Waals surface area contributed by atoms with Crippen LogP contribution in [0.25, 0.3) is 0 Å². The predicted molar refractivity (Wildman–Crippen MR) is 76.4 cm³/mol. The van der Waals surface area contributed by atoms with Gasteiger partial charge >= 0.3 is 0 Å². The average Bonchev–Trinajstić information content (AvgIpc) is 2.66. The highest BCUT2D eigenvalue weighted by Gasteiger charge is 2.27. The van der Waals surface area contributed by atoms with E-state index in [2.05, 4.69) is 37.4 Å². The summed E-state index contributed by atoms with van der Waals surface area (Å²) >= 11 is 0. The monoisotopic (exact) mass is 293 g/mol. The normalized spacial score (nSPS) is 17.3. The van der Waals surface area contributed by atoms with E-state index in [0.717, 1.165) is 24.3 Å². The third-order valence-corrected chi connectivity index (χ3v) is 3.58. The van der Waals surface area contributed by atoms with Crippen molar-refractivity contribution in [2.24, 2.45) is 0 Å². The summed E-state index contributed by atoms with van der Waals surface area (Å²) in [6, 6.07) is 5.19. The van der Waals surface area contributed by atoms with Crippen molar-refractivity contribution in [3.05, 3.63) is 39.9 Å². The van der Waals surface area contributed by atoms with Crippen LogP contribution in [0.4, 0.5) is 5.69 Å². The Morgan fingerprint density at radius 3 is 2.14 bits per heavy atom. The maximum atomic E-state index is 10.2. The van der Waals surface area contributed by atoms with Gasteiger partial charge in [0, 0.05) is 19.1 Å². The van der Waals surface area contributed by atoms with Gasteiger partial charge in [-0.15, -0.1) is 0 Å². The molecule has 1 unspecified atom stereocenters. The van der Waals surface area contributed by atoms with Gasteiger partial charge in [0.15, 0.2) is 0 Å². The summed E-state index contributed by atoms with van der Waals surface area (Å²) < 4.78 is 2.28. The second kappa shape index (κ2) is 6.83.